The zero-order chi connectivity index (χ0) is 15.8. The molecule has 23 heavy (non-hydrogen) atoms. The lowest BCUT2D eigenvalue weighted by atomic mass is 10.0. The van der Waals surface area contributed by atoms with E-state index in [1.807, 2.05) is 4.90 Å². The first-order valence-corrected chi connectivity index (χ1v) is 8.12. The largest absolute Gasteiger partial charge is 0.337 e. The number of benzene rings is 1. The van der Waals surface area contributed by atoms with Gasteiger partial charge >= 0.3 is 0 Å². The van der Waals surface area contributed by atoms with Crippen molar-refractivity contribution in [3.05, 3.63) is 36.0 Å². The average Bonchev–Trinajstić information content (AvgIpc) is 3.31. The number of amides is 1. The molecule has 4 rings (SSSR count). The third-order valence-electron chi connectivity index (χ3n) is 4.52. The van der Waals surface area contributed by atoms with Crippen molar-refractivity contribution in [3.63, 3.8) is 0 Å². The highest BCUT2D eigenvalue weighted by molar-refractivity contribution is 5.81. The Morgan fingerprint density at radius 1 is 1.26 bits per heavy atom. The van der Waals surface area contributed by atoms with E-state index in [1.165, 1.54) is 12.1 Å². The summed E-state index contributed by atoms with van der Waals surface area (Å²) in [5, 5.41) is 3.97. The number of halogens is 1. The summed E-state index contributed by atoms with van der Waals surface area (Å²) in [6, 6.07) is 5.96. The second-order valence-electron chi connectivity index (χ2n) is 6.28. The Morgan fingerprint density at radius 3 is 2.91 bits per heavy atom. The summed E-state index contributed by atoms with van der Waals surface area (Å²) < 4.78 is 18.7. The molecule has 1 saturated heterocycles. The monoisotopic (exact) mass is 315 g/mol. The standard InChI is InChI=1S/C17H18FN3O2/c18-13-5-3-4-12(10-13)15-19-16(23-20-15)14-6-1-2-9-21(14)17(22)11-7-8-11/h3-5,10-11,14H,1-2,6-9H2/t14-/m1/s1. The fraction of sp³-hybridized carbons (Fsp3) is 0.471. The molecule has 1 aromatic heterocycles. The lowest BCUT2D eigenvalue weighted by molar-refractivity contribution is -0.137. The first-order chi connectivity index (χ1) is 11.2. The summed E-state index contributed by atoms with van der Waals surface area (Å²) in [5.41, 5.74) is 0.580. The highest BCUT2D eigenvalue weighted by Crippen LogP contribution is 2.37. The highest BCUT2D eigenvalue weighted by Gasteiger charge is 2.39. The fourth-order valence-electron chi connectivity index (χ4n) is 3.13. The van der Waals surface area contributed by atoms with Crippen molar-refractivity contribution in [2.75, 3.05) is 6.54 Å². The van der Waals surface area contributed by atoms with Crippen molar-refractivity contribution < 1.29 is 13.7 Å². The summed E-state index contributed by atoms with van der Waals surface area (Å²) in [6.07, 6.45) is 4.86. The molecule has 0 unspecified atom stereocenters. The normalized spacial score (nSPS) is 21.4. The Kier molecular flexibility index (Phi) is 3.59. The first kappa shape index (κ1) is 14.4. The number of nitrogens with zero attached hydrogens (tertiary/aromatic N) is 3. The van der Waals surface area contributed by atoms with E-state index in [-0.39, 0.29) is 23.7 Å². The molecule has 0 spiro atoms. The molecule has 0 radical (unpaired) electrons. The molecule has 2 heterocycles. The summed E-state index contributed by atoms with van der Waals surface area (Å²) in [4.78, 5) is 18.8. The van der Waals surface area contributed by atoms with E-state index in [0.29, 0.717) is 17.3 Å². The summed E-state index contributed by atoms with van der Waals surface area (Å²) in [7, 11) is 0. The second kappa shape index (κ2) is 5.76. The zero-order valence-corrected chi connectivity index (χ0v) is 12.7. The van der Waals surface area contributed by atoms with Gasteiger partial charge in [0.2, 0.25) is 17.6 Å². The van der Waals surface area contributed by atoms with Crippen LogP contribution in [0.15, 0.2) is 28.8 Å². The molecule has 1 aliphatic heterocycles. The van der Waals surface area contributed by atoms with E-state index in [1.54, 1.807) is 12.1 Å². The van der Waals surface area contributed by atoms with Crippen molar-refractivity contribution in [1.29, 1.82) is 0 Å². The minimum atomic E-state index is -0.336. The SMILES string of the molecule is O=C(C1CC1)N1CCCC[C@@H]1c1nc(-c2cccc(F)c2)no1. The second-order valence-corrected chi connectivity index (χ2v) is 6.28. The quantitative estimate of drug-likeness (QED) is 0.871. The number of carbonyl (C=O) groups is 1. The molecule has 1 saturated carbocycles. The third kappa shape index (κ3) is 2.85. The van der Waals surface area contributed by atoms with Gasteiger partial charge in [0, 0.05) is 18.0 Å². The van der Waals surface area contributed by atoms with Gasteiger partial charge in [-0.15, -0.1) is 0 Å². The van der Waals surface area contributed by atoms with E-state index in [4.69, 9.17) is 4.52 Å². The number of hydrogen-bond donors (Lipinski definition) is 0. The van der Waals surface area contributed by atoms with Crippen LogP contribution < -0.4 is 0 Å². The van der Waals surface area contributed by atoms with Crippen molar-refractivity contribution in [1.82, 2.24) is 15.0 Å². The van der Waals surface area contributed by atoms with Gasteiger partial charge in [0.25, 0.3) is 0 Å². The van der Waals surface area contributed by atoms with Gasteiger partial charge in [0.15, 0.2) is 0 Å². The molecule has 5 nitrogen and oxygen atoms in total. The number of likely N-dealkylation sites (tertiary alicyclic amines) is 1. The number of rotatable bonds is 3. The minimum absolute atomic E-state index is 0.147. The molecule has 2 fully saturated rings. The molecule has 120 valence electrons. The molecular formula is C17H18FN3O2. The van der Waals surface area contributed by atoms with Gasteiger partial charge in [-0.2, -0.15) is 4.98 Å². The number of aromatic nitrogens is 2. The summed E-state index contributed by atoms with van der Waals surface area (Å²) in [5.74, 6) is 0.875. The maximum Gasteiger partial charge on any atom is 0.249 e. The molecule has 0 N–H and O–H groups in total. The van der Waals surface area contributed by atoms with Crippen molar-refractivity contribution >= 4 is 5.91 Å². The van der Waals surface area contributed by atoms with Crippen LogP contribution in [0.2, 0.25) is 0 Å². The predicted octanol–water partition coefficient (Wildman–Crippen LogP) is 3.34. The Balaban J connectivity index is 1.60. The molecule has 6 heteroatoms. The smallest absolute Gasteiger partial charge is 0.249 e. The highest BCUT2D eigenvalue weighted by atomic mass is 19.1. The fourth-order valence-corrected chi connectivity index (χ4v) is 3.13. The van der Waals surface area contributed by atoms with Crippen LogP contribution in [0.25, 0.3) is 11.4 Å². The zero-order valence-electron chi connectivity index (χ0n) is 12.7. The van der Waals surface area contributed by atoms with Crippen LogP contribution >= 0.6 is 0 Å². The van der Waals surface area contributed by atoms with E-state index >= 15 is 0 Å². The Hall–Kier alpha value is -2.24. The van der Waals surface area contributed by atoms with E-state index < -0.39 is 0 Å². The van der Waals surface area contributed by atoms with Crippen LogP contribution in [0.4, 0.5) is 4.39 Å². The van der Waals surface area contributed by atoms with Crippen molar-refractivity contribution in [3.8, 4) is 11.4 Å². The predicted molar refractivity (Wildman–Crippen MR) is 80.7 cm³/mol. The van der Waals surface area contributed by atoms with Crippen LogP contribution in [0.1, 0.15) is 44.0 Å². The van der Waals surface area contributed by atoms with E-state index in [0.717, 1.165) is 38.6 Å². The lowest BCUT2D eigenvalue weighted by Crippen LogP contribution is -2.39. The van der Waals surface area contributed by atoms with E-state index in [2.05, 4.69) is 10.1 Å². The van der Waals surface area contributed by atoms with Crippen molar-refractivity contribution in [2.24, 2.45) is 5.92 Å². The average molecular weight is 315 g/mol. The number of carbonyl (C=O) groups excluding carboxylic acids is 1. The Bertz CT molecular complexity index is 726. The lowest BCUT2D eigenvalue weighted by Gasteiger charge is -2.33. The minimum Gasteiger partial charge on any atom is -0.337 e. The van der Waals surface area contributed by atoms with Crippen molar-refractivity contribution in [2.45, 2.75) is 38.1 Å². The van der Waals surface area contributed by atoms with Gasteiger partial charge in [-0.05, 0) is 44.2 Å². The number of hydrogen-bond acceptors (Lipinski definition) is 4. The maximum absolute atomic E-state index is 13.3. The van der Waals surface area contributed by atoms with Gasteiger partial charge in [-0.25, -0.2) is 4.39 Å². The number of piperidine rings is 1. The summed E-state index contributed by atoms with van der Waals surface area (Å²) >= 11 is 0. The van der Waals surface area contributed by atoms with Crippen LogP contribution in [-0.4, -0.2) is 27.5 Å². The van der Waals surface area contributed by atoms with Gasteiger partial charge in [0.1, 0.15) is 11.9 Å². The van der Waals surface area contributed by atoms with Crippen LogP contribution in [0, 0.1) is 11.7 Å². The Labute approximate surface area is 133 Å². The van der Waals surface area contributed by atoms with Gasteiger partial charge in [0.05, 0.1) is 0 Å². The molecule has 1 amide bonds. The van der Waals surface area contributed by atoms with E-state index in [9.17, 15) is 9.18 Å². The van der Waals surface area contributed by atoms with Crippen LogP contribution in [0.3, 0.4) is 0 Å². The molecule has 1 aliphatic carbocycles. The van der Waals surface area contributed by atoms with Crippen LogP contribution in [0.5, 0.6) is 0 Å². The molecule has 2 aromatic rings. The van der Waals surface area contributed by atoms with Gasteiger partial charge < -0.3 is 9.42 Å². The van der Waals surface area contributed by atoms with Gasteiger partial charge in [-0.3, -0.25) is 4.79 Å². The van der Waals surface area contributed by atoms with Crippen LogP contribution in [-0.2, 0) is 4.79 Å². The molecule has 0 bridgehead atoms. The molecule has 2 aliphatic rings. The molecule has 1 atom stereocenters. The topological polar surface area (TPSA) is 59.2 Å². The van der Waals surface area contributed by atoms with Gasteiger partial charge in [-0.1, -0.05) is 17.3 Å². The molecule has 1 aromatic carbocycles. The maximum atomic E-state index is 13.3. The Morgan fingerprint density at radius 2 is 2.13 bits per heavy atom. The molecular weight excluding hydrogens is 297 g/mol. The third-order valence-corrected chi connectivity index (χ3v) is 4.52. The summed E-state index contributed by atoms with van der Waals surface area (Å²) in [6.45, 7) is 0.748. The first-order valence-electron chi connectivity index (χ1n) is 8.12.